The summed E-state index contributed by atoms with van der Waals surface area (Å²) in [5, 5.41) is 0. The molecular formula is C12H17N5O2. The van der Waals surface area contributed by atoms with Crippen LogP contribution in [-0.4, -0.2) is 51.2 Å². The zero-order valence-electron chi connectivity index (χ0n) is 11.1. The molecule has 19 heavy (non-hydrogen) atoms. The van der Waals surface area contributed by atoms with Crippen LogP contribution in [0.15, 0.2) is 6.07 Å². The summed E-state index contributed by atoms with van der Waals surface area (Å²) in [5.74, 6) is 0.685. The Kier molecular flexibility index (Phi) is 3.64. The molecule has 0 spiro atoms. The van der Waals surface area contributed by atoms with Crippen LogP contribution in [0.2, 0.25) is 0 Å². The van der Waals surface area contributed by atoms with E-state index < -0.39 is 0 Å². The van der Waals surface area contributed by atoms with Gasteiger partial charge in [-0.1, -0.05) is 0 Å². The Hall–Kier alpha value is -2.18. The molecule has 0 aliphatic carbocycles. The summed E-state index contributed by atoms with van der Waals surface area (Å²) in [6, 6.07) is 1.66. The predicted molar refractivity (Wildman–Crippen MR) is 68.9 cm³/mol. The number of rotatable bonds is 3. The minimum atomic E-state index is -0.0925. The molecule has 0 atom stereocenters. The summed E-state index contributed by atoms with van der Waals surface area (Å²) in [6.07, 6.45) is 0. The Balaban J connectivity index is 2.11. The van der Waals surface area contributed by atoms with Gasteiger partial charge in [0.1, 0.15) is 18.2 Å². The normalized spacial score (nSPS) is 16.1. The van der Waals surface area contributed by atoms with Crippen LogP contribution in [0, 0.1) is 6.92 Å². The van der Waals surface area contributed by atoms with Crippen LogP contribution in [0.5, 0.6) is 0 Å². The number of nitrogen functional groups attached to an aromatic ring is 1. The monoisotopic (exact) mass is 263 g/mol. The van der Waals surface area contributed by atoms with Crippen LogP contribution in [-0.2, 0) is 16.1 Å². The Morgan fingerprint density at radius 1 is 1.21 bits per heavy atom. The highest BCUT2D eigenvalue weighted by Gasteiger charge is 2.29. The van der Waals surface area contributed by atoms with E-state index in [1.165, 1.54) is 9.80 Å². The van der Waals surface area contributed by atoms with E-state index in [-0.39, 0.29) is 31.4 Å². The lowest BCUT2D eigenvalue weighted by atomic mass is 10.3. The lowest BCUT2D eigenvalue weighted by molar-refractivity contribution is -0.150. The molecule has 1 saturated heterocycles. The van der Waals surface area contributed by atoms with Gasteiger partial charge >= 0.3 is 0 Å². The predicted octanol–water partition coefficient (Wildman–Crippen LogP) is -0.442. The summed E-state index contributed by atoms with van der Waals surface area (Å²) >= 11 is 0. The molecule has 7 nitrogen and oxygen atoms in total. The molecule has 2 rings (SSSR count). The van der Waals surface area contributed by atoms with Crippen molar-refractivity contribution >= 4 is 17.6 Å². The molecule has 2 N–H and O–H groups in total. The highest BCUT2D eigenvalue weighted by molar-refractivity contribution is 5.92. The Morgan fingerprint density at radius 3 is 2.47 bits per heavy atom. The first-order valence-electron chi connectivity index (χ1n) is 6.15. The van der Waals surface area contributed by atoms with Crippen LogP contribution in [0.4, 0.5) is 5.82 Å². The van der Waals surface area contributed by atoms with E-state index in [2.05, 4.69) is 9.97 Å². The highest BCUT2D eigenvalue weighted by atomic mass is 16.2. The third-order valence-electron chi connectivity index (χ3n) is 2.99. The molecule has 102 valence electrons. The molecule has 0 aromatic carbocycles. The van der Waals surface area contributed by atoms with Gasteiger partial charge < -0.3 is 15.5 Å². The van der Waals surface area contributed by atoms with Gasteiger partial charge in [0.25, 0.3) is 0 Å². The minimum absolute atomic E-state index is 0.0530. The number of anilines is 1. The average Bonchev–Trinajstić information content (AvgIpc) is 2.32. The number of aromatic nitrogens is 2. The number of carbonyl (C=O) groups excluding carboxylic acids is 2. The van der Waals surface area contributed by atoms with Gasteiger partial charge in [-0.25, -0.2) is 9.97 Å². The summed E-state index contributed by atoms with van der Waals surface area (Å²) in [5.41, 5.74) is 6.38. The molecule has 2 amide bonds. The van der Waals surface area contributed by atoms with Gasteiger partial charge in [-0.2, -0.15) is 0 Å². The molecule has 1 aliphatic rings. The first-order valence-corrected chi connectivity index (χ1v) is 6.15. The molecule has 1 aliphatic heterocycles. The van der Waals surface area contributed by atoms with Gasteiger partial charge in [0.2, 0.25) is 11.8 Å². The average molecular weight is 263 g/mol. The zero-order valence-corrected chi connectivity index (χ0v) is 11.1. The standard InChI is InChI=1S/C12H17N5O2/c1-3-16-6-12(19)17(7-11(16)18)5-10-14-8(2)4-9(13)15-10/h4H,3,5-7H2,1-2H3,(H2,13,14,15). The fourth-order valence-electron chi connectivity index (χ4n) is 2.03. The van der Waals surface area contributed by atoms with E-state index in [1.807, 2.05) is 13.8 Å². The van der Waals surface area contributed by atoms with Gasteiger partial charge in [-0.3, -0.25) is 9.59 Å². The quantitative estimate of drug-likeness (QED) is 0.798. The van der Waals surface area contributed by atoms with Crippen molar-refractivity contribution in [1.29, 1.82) is 0 Å². The Labute approximate surface area is 111 Å². The maximum atomic E-state index is 11.9. The van der Waals surface area contributed by atoms with Crippen molar-refractivity contribution in [1.82, 2.24) is 19.8 Å². The Bertz CT molecular complexity index is 497. The van der Waals surface area contributed by atoms with Crippen LogP contribution in [0.3, 0.4) is 0 Å². The molecule has 0 radical (unpaired) electrons. The summed E-state index contributed by atoms with van der Waals surface area (Å²) < 4.78 is 0. The number of nitrogens with zero attached hydrogens (tertiary/aromatic N) is 4. The first kappa shape index (κ1) is 13.3. The Morgan fingerprint density at radius 2 is 1.84 bits per heavy atom. The smallest absolute Gasteiger partial charge is 0.243 e. The molecule has 2 heterocycles. The molecule has 7 heteroatoms. The lowest BCUT2D eigenvalue weighted by Crippen LogP contribution is -2.53. The van der Waals surface area contributed by atoms with E-state index >= 15 is 0 Å². The number of nitrogens with two attached hydrogens (primary N) is 1. The second-order valence-electron chi connectivity index (χ2n) is 4.51. The van der Waals surface area contributed by atoms with E-state index in [0.717, 1.165) is 5.69 Å². The van der Waals surface area contributed by atoms with Crippen LogP contribution in [0.1, 0.15) is 18.4 Å². The minimum Gasteiger partial charge on any atom is -0.384 e. The van der Waals surface area contributed by atoms with Gasteiger partial charge in [-0.05, 0) is 13.8 Å². The van der Waals surface area contributed by atoms with Gasteiger partial charge in [0.05, 0.1) is 13.1 Å². The van der Waals surface area contributed by atoms with Gasteiger partial charge in [0.15, 0.2) is 0 Å². The zero-order chi connectivity index (χ0) is 14.0. The maximum absolute atomic E-state index is 11.9. The molecule has 1 fully saturated rings. The van der Waals surface area contributed by atoms with E-state index in [4.69, 9.17) is 5.73 Å². The third-order valence-corrected chi connectivity index (χ3v) is 2.99. The number of likely N-dealkylation sites (N-methyl/N-ethyl adjacent to an activating group) is 1. The van der Waals surface area contributed by atoms with Crippen LogP contribution >= 0.6 is 0 Å². The number of hydrogen-bond acceptors (Lipinski definition) is 5. The number of carbonyl (C=O) groups is 2. The highest BCUT2D eigenvalue weighted by Crippen LogP contribution is 2.09. The second kappa shape index (κ2) is 5.21. The fraction of sp³-hybridized carbons (Fsp3) is 0.500. The van der Waals surface area contributed by atoms with Crippen molar-refractivity contribution in [3.63, 3.8) is 0 Å². The van der Waals surface area contributed by atoms with Crippen molar-refractivity contribution < 1.29 is 9.59 Å². The third kappa shape index (κ3) is 2.98. The molecule has 0 unspecified atom stereocenters. The van der Waals surface area contributed by atoms with Crippen molar-refractivity contribution in [2.45, 2.75) is 20.4 Å². The van der Waals surface area contributed by atoms with Crippen molar-refractivity contribution in [2.24, 2.45) is 0 Å². The molecule has 0 saturated carbocycles. The van der Waals surface area contributed by atoms with Crippen molar-refractivity contribution in [3.8, 4) is 0 Å². The number of aryl methyl sites for hydroxylation is 1. The van der Waals surface area contributed by atoms with E-state index in [0.29, 0.717) is 18.2 Å². The van der Waals surface area contributed by atoms with Crippen molar-refractivity contribution in [3.05, 3.63) is 17.6 Å². The molecule has 1 aromatic heterocycles. The topological polar surface area (TPSA) is 92.4 Å². The molecule has 0 bridgehead atoms. The largest absolute Gasteiger partial charge is 0.384 e. The van der Waals surface area contributed by atoms with Crippen molar-refractivity contribution in [2.75, 3.05) is 25.4 Å². The second-order valence-corrected chi connectivity index (χ2v) is 4.51. The summed E-state index contributed by atoms with van der Waals surface area (Å²) in [7, 11) is 0. The van der Waals surface area contributed by atoms with E-state index in [1.54, 1.807) is 6.07 Å². The van der Waals surface area contributed by atoms with E-state index in [9.17, 15) is 9.59 Å². The first-order chi connectivity index (χ1) is 8.99. The molecule has 1 aromatic rings. The number of hydrogen-bond donors (Lipinski definition) is 1. The van der Waals surface area contributed by atoms with Crippen LogP contribution in [0.25, 0.3) is 0 Å². The number of amides is 2. The maximum Gasteiger partial charge on any atom is 0.243 e. The van der Waals surface area contributed by atoms with Gasteiger partial charge in [-0.15, -0.1) is 0 Å². The van der Waals surface area contributed by atoms with Crippen LogP contribution < -0.4 is 5.73 Å². The fourth-order valence-corrected chi connectivity index (χ4v) is 2.03. The molecular weight excluding hydrogens is 246 g/mol. The SMILES string of the molecule is CCN1CC(=O)N(Cc2nc(C)cc(N)n2)CC1=O. The summed E-state index contributed by atoms with van der Waals surface area (Å²) in [6.45, 7) is 4.62. The number of piperazine rings is 1. The van der Waals surface area contributed by atoms with Gasteiger partial charge in [0, 0.05) is 18.3 Å². The summed E-state index contributed by atoms with van der Waals surface area (Å²) in [4.78, 5) is 35.0. The lowest BCUT2D eigenvalue weighted by Gasteiger charge is -2.32.